The third-order valence-electron chi connectivity index (χ3n) is 3.48. The lowest BCUT2D eigenvalue weighted by Gasteiger charge is -2.18. The highest BCUT2D eigenvalue weighted by Gasteiger charge is 2.27. The molecule has 1 saturated heterocycles. The summed E-state index contributed by atoms with van der Waals surface area (Å²) in [7, 11) is 0. The van der Waals surface area contributed by atoms with Crippen molar-refractivity contribution in [1.82, 2.24) is 9.55 Å². The summed E-state index contributed by atoms with van der Waals surface area (Å²) < 4.78 is 8.80. The van der Waals surface area contributed by atoms with E-state index in [1.165, 1.54) is 5.69 Å². The van der Waals surface area contributed by atoms with Gasteiger partial charge in [-0.2, -0.15) is 0 Å². The van der Waals surface area contributed by atoms with Gasteiger partial charge in [0, 0.05) is 31.0 Å². The minimum atomic E-state index is 0.418. The molecule has 0 bridgehead atoms. The van der Waals surface area contributed by atoms with Crippen molar-refractivity contribution < 1.29 is 4.74 Å². The first kappa shape index (κ1) is 11.9. The van der Waals surface area contributed by atoms with Gasteiger partial charge >= 0.3 is 0 Å². The maximum Gasteiger partial charge on any atom is 0.177 e. The summed E-state index contributed by atoms with van der Waals surface area (Å²) in [5.41, 5.74) is 1.30. The fourth-order valence-corrected chi connectivity index (χ4v) is 2.76. The van der Waals surface area contributed by atoms with Gasteiger partial charge in [0.2, 0.25) is 0 Å². The number of hydrogen-bond donors (Lipinski definition) is 1. The minimum absolute atomic E-state index is 0.418. The zero-order valence-corrected chi connectivity index (χ0v) is 10.8. The van der Waals surface area contributed by atoms with Crippen molar-refractivity contribution in [1.29, 1.82) is 0 Å². The molecule has 1 N–H and O–H groups in total. The van der Waals surface area contributed by atoms with Gasteiger partial charge in [-0.3, -0.25) is 0 Å². The fourth-order valence-electron chi connectivity index (χ4n) is 2.51. The van der Waals surface area contributed by atoms with Crippen molar-refractivity contribution in [3.63, 3.8) is 0 Å². The first-order chi connectivity index (χ1) is 7.76. The van der Waals surface area contributed by atoms with Gasteiger partial charge in [0.15, 0.2) is 4.77 Å². The van der Waals surface area contributed by atoms with Crippen molar-refractivity contribution in [2.24, 2.45) is 5.92 Å². The Morgan fingerprint density at radius 1 is 1.56 bits per heavy atom. The molecule has 1 aromatic rings. The Morgan fingerprint density at radius 3 is 3.06 bits per heavy atom. The van der Waals surface area contributed by atoms with Gasteiger partial charge in [-0.15, -0.1) is 0 Å². The van der Waals surface area contributed by atoms with E-state index in [-0.39, 0.29) is 0 Å². The smallest absolute Gasteiger partial charge is 0.177 e. The Bertz CT molecular complexity index is 396. The predicted octanol–water partition coefficient (Wildman–Crippen LogP) is 2.92. The molecule has 0 aliphatic carbocycles. The highest BCUT2D eigenvalue weighted by Crippen LogP contribution is 2.25. The third kappa shape index (κ3) is 2.23. The molecule has 0 aromatic carbocycles. The number of nitrogens with one attached hydrogen (secondary N) is 1. The van der Waals surface area contributed by atoms with Crippen LogP contribution in [0.4, 0.5) is 0 Å². The topological polar surface area (TPSA) is 29.9 Å². The number of nitrogens with zero attached hydrogens (tertiary/aromatic N) is 1. The molecule has 1 aliphatic rings. The molecule has 2 atom stereocenters. The second kappa shape index (κ2) is 5.15. The zero-order valence-electron chi connectivity index (χ0n) is 10.0. The molecule has 3 nitrogen and oxygen atoms in total. The molecule has 1 fully saturated rings. The van der Waals surface area contributed by atoms with Crippen LogP contribution in [0.3, 0.4) is 0 Å². The Labute approximate surface area is 102 Å². The Hall–Kier alpha value is -0.610. The van der Waals surface area contributed by atoms with E-state index in [0.29, 0.717) is 12.0 Å². The van der Waals surface area contributed by atoms with E-state index >= 15 is 0 Å². The Kier molecular flexibility index (Phi) is 3.82. The molecular weight excluding hydrogens is 220 g/mol. The fraction of sp³-hybridized carbons (Fsp3) is 0.750. The summed E-state index contributed by atoms with van der Waals surface area (Å²) in [6.07, 6.45) is 5.73. The van der Waals surface area contributed by atoms with E-state index in [0.717, 1.165) is 37.2 Å². The molecule has 90 valence electrons. The van der Waals surface area contributed by atoms with Crippen LogP contribution in [-0.2, 0) is 17.7 Å². The van der Waals surface area contributed by atoms with E-state index < -0.39 is 0 Å². The van der Waals surface area contributed by atoms with E-state index in [9.17, 15) is 0 Å². The minimum Gasteiger partial charge on any atom is -0.378 e. The number of H-pyrrole nitrogens is 1. The lowest BCUT2D eigenvalue weighted by atomic mass is 9.99. The average Bonchev–Trinajstić information content (AvgIpc) is 2.87. The van der Waals surface area contributed by atoms with E-state index in [4.69, 9.17) is 17.0 Å². The zero-order chi connectivity index (χ0) is 11.5. The second-order valence-corrected chi connectivity index (χ2v) is 4.80. The summed E-state index contributed by atoms with van der Waals surface area (Å²) in [6.45, 7) is 6.27. The van der Waals surface area contributed by atoms with Crippen LogP contribution >= 0.6 is 12.2 Å². The van der Waals surface area contributed by atoms with Crippen LogP contribution in [0.2, 0.25) is 0 Å². The summed E-state index contributed by atoms with van der Waals surface area (Å²) in [5, 5.41) is 0. The molecule has 0 amide bonds. The summed E-state index contributed by atoms with van der Waals surface area (Å²) in [4.78, 5) is 3.13. The molecule has 0 radical (unpaired) electrons. The highest BCUT2D eigenvalue weighted by atomic mass is 32.1. The number of rotatable bonds is 4. The molecule has 2 heterocycles. The largest absolute Gasteiger partial charge is 0.378 e. The second-order valence-electron chi connectivity index (χ2n) is 4.42. The van der Waals surface area contributed by atoms with Gasteiger partial charge < -0.3 is 14.3 Å². The van der Waals surface area contributed by atoms with Crippen molar-refractivity contribution in [3.05, 3.63) is 16.7 Å². The van der Waals surface area contributed by atoms with Crippen LogP contribution < -0.4 is 0 Å². The average molecular weight is 240 g/mol. The number of hydrogen-bond acceptors (Lipinski definition) is 2. The van der Waals surface area contributed by atoms with Crippen molar-refractivity contribution in [2.75, 3.05) is 6.61 Å². The lowest BCUT2D eigenvalue weighted by molar-refractivity contribution is 0.0832. The third-order valence-corrected chi connectivity index (χ3v) is 3.82. The van der Waals surface area contributed by atoms with Crippen LogP contribution in [-0.4, -0.2) is 22.3 Å². The van der Waals surface area contributed by atoms with E-state index in [2.05, 4.69) is 23.4 Å². The van der Waals surface area contributed by atoms with Gasteiger partial charge in [-0.1, -0.05) is 13.8 Å². The summed E-state index contributed by atoms with van der Waals surface area (Å²) in [6, 6.07) is 0. The first-order valence-electron chi connectivity index (χ1n) is 6.15. The highest BCUT2D eigenvalue weighted by molar-refractivity contribution is 7.71. The molecule has 2 unspecified atom stereocenters. The summed E-state index contributed by atoms with van der Waals surface area (Å²) >= 11 is 5.32. The monoisotopic (exact) mass is 240 g/mol. The maximum absolute atomic E-state index is 5.72. The molecule has 1 aromatic heterocycles. The van der Waals surface area contributed by atoms with Crippen LogP contribution in [0.5, 0.6) is 0 Å². The normalized spacial score (nSPS) is 25.1. The van der Waals surface area contributed by atoms with Gasteiger partial charge in [-0.25, -0.2) is 0 Å². The summed E-state index contributed by atoms with van der Waals surface area (Å²) in [5.74, 6) is 0.623. The Morgan fingerprint density at radius 2 is 2.38 bits per heavy atom. The van der Waals surface area contributed by atoms with Crippen molar-refractivity contribution >= 4 is 12.2 Å². The van der Waals surface area contributed by atoms with Gasteiger partial charge in [0.25, 0.3) is 0 Å². The predicted molar refractivity (Wildman–Crippen MR) is 67.1 cm³/mol. The quantitative estimate of drug-likeness (QED) is 0.820. The maximum atomic E-state index is 5.72. The van der Waals surface area contributed by atoms with Crippen molar-refractivity contribution in [3.8, 4) is 0 Å². The molecule has 0 spiro atoms. The number of imidazole rings is 1. The molecule has 16 heavy (non-hydrogen) atoms. The SMILES string of the molecule is CCc1c[nH]c(=S)n1CC1CCOC1CC. The van der Waals surface area contributed by atoms with Crippen LogP contribution in [0, 0.1) is 10.7 Å². The van der Waals surface area contributed by atoms with E-state index in [1.807, 2.05) is 6.20 Å². The molecule has 4 heteroatoms. The van der Waals surface area contributed by atoms with Crippen LogP contribution in [0.25, 0.3) is 0 Å². The van der Waals surface area contributed by atoms with Crippen LogP contribution in [0.1, 0.15) is 32.4 Å². The van der Waals surface area contributed by atoms with Crippen LogP contribution in [0.15, 0.2) is 6.20 Å². The number of aryl methyl sites for hydroxylation is 1. The molecule has 2 rings (SSSR count). The molecule has 0 saturated carbocycles. The first-order valence-corrected chi connectivity index (χ1v) is 6.55. The van der Waals surface area contributed by atoms with E-state index in [1.54, 1.807) is 0 Å². The standard InChI is InChI=1S/C12H20N2OS/c1-3-10-7-13-12(16)14(10)8-9-5-6-15-11(9)4-2/h7,9,11H,3-6,8H2,1-2H3,(H,13,16). The lowest BCUT2D eigenvalue weighted by Crippen LogP contribution is -2.21. The van der Waals surface area contributed by atoms with Gasteiger partial charge in [0.05, 0.1) is 6.10 Å². The number of ether oxygens (including phenoxy) is 1. The number of aromatic nitrogens is 2. The molecule has 1 aliphatic heterocycles. The Balaban J connectivity index is 2.13. The number of aromatic amines is 1. The van der Waals surface area contributed by atoms with Gasteiger partial charge in [-0.05, 0) is 31.5 Å². The molecular formula is C12H20N2OS. The van der Waals surface area contributed by atoms with Crippen molar-refractivity contribution in [2.45, 2.75) is 45.8 Å². The van der Waals surface area contributed by atoms with Gasteiger partial charge in [0.1, 0.15) is 0 Å².